The Labute approximate surface area is 121 Å². The van der Waals surface area contributed by atoms with Gasteiger partial charge in [-0.15, -0.1) is 0 Å². The third-order valence-electron chi connectivity index (χ3n) is 3.81. The van der Waals surface area contributed by atoms with Gasteiger partial charge >= 0.3 is 12.0 Å². The Morgan fingerprint density at radius 2 is 2.05 bits per heavy atom. The molecule has 0 aliphatic carbocycles. The number of carboxylic acids is 1. The Balaban J connectivity index is 2.10. The minimum atomic E-state index is -1.17. The van der Waals surface area contributed by atoms with Crippen LogP contribution in [-0.2, 0) is 14.4 Å². The number of primary amides is 1. The lowest BCUT2D eigenvalue weighted by Crippen LogP contribution is -2.62. The third-order valence-corrected chi connectivity index (χ3v) is 3.81. The van der Waals surface area contributed by atoms with E-state index in [2.05, 4.69) is 5.32 Å². The number of aliphatic carboxylic acids is 1. The molecule has 2 heterocycles. The number of hydrogen-bond donors (Lipinski definition) is 3. The standard InChI is InChI=1S/C12H18N4O5/c13-10(18)7-2-1-3-15(5-7)12(21)16-6-9(17)14-4-8(16)11(19)20/h7-8H,1-6H2,(H2,13,18)(H,14,17)(H,19,20). The molecule has 2 aliphatic heterocycles. The number of nitrogens with one attached hydrogen (secondary N) is 1. The minimum absolute atomic E-state index is 0.118. The zero-order valence-electron chi connectivity index (χ0n) is 11.4. The number of rotatable bonds is 2. The van der Waals surface area contributed by atoms with Crippen molar-refractivity contribution in [2.45, 2.75) is 18.9 Å². The highest BCUT2D eigenvalue weighted by Gasteiger charge is 2.38. The monoisotopic (exact) mass is 298 g/mol. The van der Waals surface area contributed by atoms with Gasteiger partial charge in [0.2, 0.25) is 11.8 Å². The number of carbonyl (C=O) groups excluding carboxylic acids is 3. The van der Waals surface area contributed by atoms with Crippen molar-refractivity contribution in [3.05, 3.63) is 0 Å². The second kappa shape index (κ2) is 5.98. The van der Waals surface area contributed by atoms with Crippen LogP contribution in [0.3, 0.4) is 0 Å². The first kappa shape index (κ1) is 15.1. The molecule has 4 amide bonds. The van der Waals surface area contributed by atoms with E-state index >= 15 is 0 Å². The molecule has 4 N–H and O–H groups in total. The lowest BCUT2D eigenvalue weighted by atomic mass is 9.98. The molecule has 21 heavy (non-hydrogen) atoms. The molecule has 2 saturated heterocycles. The summed E-state index contributed by atoms with van der Waals surface area (Å²) in [5, 5.41) is 11.6. The van der Waals surface area contributed by atoms with Crippen molar-refractivity contribution in [2.24, 2.45) is 11.7 Å². The van der Waals surface area contributed by atoms with Crippen LogP contribution >= 0.6 is 0 Å². The van der Waals surface area contributed by atoms with E-state index in [9.17, 15) is 19.2 Å². The number of hydrogen-bond acceptors (Lipinski definition) is 4. The van der Waals surface area contributed by atoms with Crippen molar-refractivity contribution in [3.8, 4) is 0 Å². The van der Waals surface area contributed by atoms with Gasteiger partial charge in [-0.3, -0.25) is 14.5 Å². The molecule has 0 saturated carbocycles. The summed E-state index contributed by atoms with van der Waals surface area (Å²) >= 11 is 0. The summed E-state index contributed by atoms with van der Waals surface area (Å²) in [7, 11) is 0. The van der Waals surface area contributed by atoms with E-state index in [-0.39, 0.29) is 19.6 Å². The maximum atomic E-state index is 12.4. The first-order valence-corrected chi connectivity index (χ1v) is 6.74. The van der Waals surface area contributed by atoms with Gasteiger partial charge in [-0.25, -0.2) is 9.59 Å². The SMILES string of the molecule is NC(=O)C1CCCN(C(=O)N2CC(=O)NCC2C(=O)O)C1. The maximum Gasteiger partial charge on any atom is 0.328 e. The van der Waals surface area contributed by atoms with Crippen LogP contribution in [0.2, 0.25) is 0 Å². The summed E-state index contributed by atoms with van der Waals surface area (Å²) in [6, 6.07) is -1.63. The van der Waals surface area contributed by atoms with E-state index < -0.39 is 35.8 Å². The molecule has 2 atom stereocenters. The van der Waals surface area contributed by atoms with E-state index in [0.29, 0.717) is 19.4 Å². The largest absolute Gasteiger partial charge is 0.480 e. The molecule has 2 fully saturated rings. The second-order valence-electron chi connectivity index (χ2n) is 5.26. The van der Waals surface area contributed by atoms with Crippen molar-refractivity contribution in [1.82, 2.24) is 15.1 Å². The topological polar surface area (TPSA) is 133 Å². The van der Waals surface area contributed by atoms with Crippen molar-refractivity contribution < 1.29 is 24.3 Å². The van der Waals surface area contributed by atoms with Crippen molar-refractivity contribution in [2.75, 3.05) is 26.2 Å². The van der Waals surface area contributed by atoms with Gasteiger partial charge in [-0.2, -0.15) is 0 Å². The first-order chi connectivity index (χ1) is 9.90. The highest BCUT2D eigenvalue weighted by atomic mass is 16.4. The number of piperidine rings is 1. The summed E-state index contributed by atoms with van der Waals surface area (Å²) < 4.78 is 0. The molecule has 2 aliphatic rings. The normalized spacial score (nSPS) is 26.2. The van der Waals surface area contributed by atoms with Crippen LogP contribution in [0.15, 0.2) is 0 Å². The average Bonchev–Trinajstić information content (AvgIpc) is 2.46. The summed E-state index contributed by atoms with van der Waals surface area (Å²) in [4.78, 5) is 48.7. The molecule has 2 unspecified atom stereocenters. The molecule has 0 aromatic heterocycles. The summed E-state index contributed by atoms with van der Waals surface area (Å²) in [5.74, 6) is -2.47. The number of nitrogens with zero attached hydrogens (tertiary/aromatic N) is 2. The number of likely N-dealkylation sites (tertiary alicyclic amines) is 1. The molecule has 116 valence electrons. The molecule has 0 aromatic rings. The van der Waals surface area contributed by atoms with E-state index in [4.69, 9.17) is 10.8 Å². The quantitative estimate of drug-likeness (QED) is 0.552. The van der Waals surface area contributed by atoms with Gasteiger partial charge in [-0.1, -0.05) is 0 Å². The Morgan fingerprint density at radius 1 is 1.33 bits per heavy atom. The van der Waals surface area contributed by atoms with Gasteiger partial charge < -0.3 is 21.1 Å². The van der Waals surface area contributed by atoms with Gasteiger partial charge in [-0.05, 0) is 12.8 Å². The molecule has 0 bridgehead atoms. The maximum absolute atomic E-state index is 12.4. The van der Waals surface area contributed by atoms with E-state index in [1.54, 1.807) is 0 Å². The van der Waals surface area contributed by atoms with E-state index in [1.807, 2.05) is 0 Å². The van der Waals surface area contributed by atoms with Crippen molar-refractivity contribution in [3.63, 3.8) is 0 Å². The van der Waals surface area contributed by atoms with Crippen LogP contribution in [0.5, 0.6) is 0 Å². The fraction of sp³-hybridized carbons (Fsp3) is 0.667. The average molecular weight is 298 g/mol. The minimum Gasteiger partial charge on any atom is -0.480 e. The zero-order chi connectivity index (χ0) is 15.6. The fourth-order valence-electron chi connectivity index (χ4n) is 2.63. The number of amides is 4. The molecular formula is C12H18N4O5. The van der Waals surface area contributed by atoms with Crippen LogP contribution in [0.25, 0.3) is 0 Å². The van der Waals surface area contributed by atoms with Crippen LogP contribution in [0.1, 0.15) is 12.8 Å². The van der Waals surface area contributed by atoms with Crippen LogP contribution < -0.4 is 11.1 Å². The van der Waals surface area contributed by atoms with Gasteiger partial charge in [0.15, 0.2) is 0 Å². The lowest BCUT2D eigenvalue weighted by Gasteiger charge is -2.39. The van der Waals surface area contributed by atoms with Gasteiger partial charge in [0.05, 0.1) is 5.92 Å². The Hall–Kier alpha value is -2.32. The molecule has 0 spiro atoms. The Kier molecular flexibility index (Phi) is 4.29. The van der Waals surface area contributed by atoms with Crippen LogP contribution in [0, 0.1) is 5.92 Å². The smallest absolute Gasteiger partial charge is 0.328 e. The predicted octanol–water partition coefficient (Wildman–Crippen LogP) is -1.81. The molecule has 9 nitrogen and oxygen atoms in total. The number of urea groups is 1. The fourth-order valence-corrected chi connectivity index (χ4v) is 2.63. The number of carbonyl (C=O) groups is 4. The number of carboxylic acid groups (broad SMARTS) is 1. The second-order valence-corrected chi connectivity index (χ2v) is 5.26. The Morgan fingerprint density at radius 3 is 2.67 bits per heavy atom. The Bertz CT molecular complexity index is 480. The number of nitrogens with two attached hydrogens (primary N) is 1. The molecule has 0 radical (unpaired) electrons. The molecule has 9 heteroatoms. The summed E-state index contributed by atoms with van der Waals surface area (Å²) in [6.45, 7) is 0.173. The van der Waals surface area contributed by atoms with E-state index in [1.165, 1.54) is 4.90 Å². The third kappa shape index (κ3) is 3.23. The van der Waals surface area contributed by atoms with Gasteiger partial charge in [0.1, 0.15) is 12.6 Å². The van der Waals surface area contributed by atoms with Gasteiger partial charge in [0, 0.05) is 19.6 Å². The van der Waals surface area contributed by atoms with Crippen LogP contribution in [-0.4, -0.2) is 70.9 Å². The highest BCUT2D eigenvalue weighted by Crippen LogP contribution is 2.19. The highest BCUT2D eigenvalue weighted by molar-refractivity contribution is 5.91. The van der Waals surface area contributed by atoms with Crippen LogP contribution in [0.4, 0.5) is 4.79 Å². The van der Waals surface area contributed by atoms with Crippen molar-refractivity contribution in [1.29, 1.82) is 0 Å². The molecule has 0 aromatic carbocycles. The number of piperazine rings is 1. The van der Waals surface area contributed by atoms with E-state index in [0.717, 1.165) is 4.90 Å². The van der Waals surface area contributed by atoms with Gasteiger partial charge in [0.25, 0.3) is 0 Å². The summed E-state index contributed by atoms with van der Waals surface area (Å²) in [6.07, 6.45) is 1.24. The summed E-state index contributed by atoms with van der Waals surface area (Å²) in [5.41, 5.74) is 5.26. The predicted molar refractivity (Wildman–Crippen MR) is 70.0 cm³/mol. The zero-order valence-corrected chi connectivity index (χ0v) is 11.4. The molecule has 2 rings (SSSR count). The lowest BCUT2D eigenvalue weighted by molar-refractivity contribution is -0.144. The first-order valence-electron chi connectivity index (χ1n) is 6.74. The van der Waals surface area contributed by atoms with Crippen molar-refractivity contribution >= 4 is 23.8 Å². The molecular weight excluding hydrogens is 280 g/mol.